The monoisotopic (exact) mass is 391 g/mol. The van der Waals surface area contributed by atoms with Gasteiger partial charge in [0.15, 0.2) is 0 Å². The Labute approximate surface area is 170 Å². The molecule has 5 nitrogen and oxygen atoms in total. The molecule has 1 heterocycles. The second-order valence-corrected chi connectivity index (χ2v) is 8.30. The van der Waals surface area contributed by atoms with Crippen LogP contribution in [0.15, 0.2) is 42.5 Å². The summed E-state index contributed by atoms with van der Waals surface area (Å²) in [5, 5.41) is 0. The molecule has 5 heteroatoms. The van der Waals surface area contributed by atoms with Gasteiger partial charge in [-0.2, -0.15) is 0 Å². The highest BCUT2D eigenvalue weighted by molar-refractivity contribution is 6.22. The van der Waals surface area contributed by atoms with E-state index in [4.69, 9.17) is 4.74 Å². The zero-order chi connectivity index (χ0) is 20.7. The fourth-order valence-corrected chi connectivity index (χ4v) is 4.50. The van der Waals surface area contributed by atoms with Crippen molar-refractivity contribution in [1.82, 2.24) is 0 Å². The van der Waals surface area contributed by atoms with Gasteiger partial charge in [-0.1, -0.05) is 25.1 Å². The molecular formula is C24H25NO4. The first kappa shape index (κ1) is 19.4. The van der Waals surface area contributed by atoms with Crippen molar-refractivity contribution in [1.29, 1.82) is 0 Å². The number of carbonyl (C=O) groups excluding carboxylic acids is 3. The molecule has 2 fully saturated rings. The lowest BCUT2D eigenvalue weighted by Gasteiger charge is -2.25. The molecule has 29 heavy (non-hydrogen) atoms. The maximum atomic E-state index is 12.8. The molecule has 1 saturated carbocycles. The van der Waals surface area contributed by atoms with E-state index in [0.29, 0.717) is 22.9 Å². The number of amides is 2. The number of benzene rings is 2. The lowest BCUT2D eigenvalue weighted by atomic mass is 9.76. The van der Waals surface area contributed by atoms with Crippen LogP contribution in [0, 0.1) is 31.6 Å². The normalized spacial score (nSPS) is 23.8. The molecule has 2 aromatic rings. The van der Waals surface area contributed by atoms with Gasteiger partial charge in [0, 0.05) is 0 Å². The first-order valence-electron chi connectivity index (χ1n) is 10.1. The second-order valence-electron chi connectivity index (χ2n) is 8.30. The van der Waals surface area contributed by atoms with Crippen molar-refractivity contribution >= 4 is 23.5 Å². The highest BCUT2D eigenvalue weighted by atomic mass is 16.5. The van der Waals surface area contributed by atoms with E-state index in [1.54, 1.807) is 24.3 Å². The van der Waals surface area contributed by atoms with Crippen LogP contribution in [0.2, 0.25) is 0 Å². The molecule has 2 amide bonds. The van der Waals surface area contributed by atoms with Crippen LogP contribution >= 0.6 is 0 Å². The minimum Gasteiger partial charge on any atom is -0.422 e. The largest absolute Gasteiger partial charge is 0.422 e. The van der Waals surface area contributed by atoms with Crippen LogP contribution in [0.3, 0.4) is 0 Å². The zero-order valence-electron chi connectivity index (χ0n) is 17.0. The Kier molecular flexibility index (Phi) is 4.99. The number of esters is 1. The van der Waals surface area contributed by atoms with Crippen molar-refractivity contribution in [3.63, 3.8) is 0 Å². The molecule has 3 atom stereocenters. The molecule has 2 aliphatic rings. The van der Waals surface area contributed by atoms with Crippen LogP contribution in [0.4, 0.5) is 5.69 Å². The zero-order valence-corrected chi connectivity index (χ0v) is 17.0. The predicted octanol–water partition coefficient (Wildman–Crippen LogP) is 4.45. The van der Waals surface area contributed by atoms with Gasteiger partial charge < -0.3 is 4.74 Å². The molecule has 0 unspecified atom stereocenters. The van der Waals surface area contributed by atoms with E-state index in [1.807, 2.05) is 32.0 Å². The van der Waals surface area contributed by atoms with E-state index in [0.717, 1.165) is 30.4 Å². The average Bonchev–Trinajstić information content (AvgIpc) is 2.94. The second kappa shape index (κ2) is 7.47. The van der Waals surface area contributed by atoms with Crippen LogP contribution in [0.5, 0.6) is 5.75 Å². The fourth-order valence-electron chi connectivity index (χ4n) is 4.50. The van der Waals surface area contributed by atoms with Crippen LogP contribution in [-0.2, 0) is 9.59 Å². The van der Waals surface area contributed by atoms with Gasteiger partial charge >= 0.3 is 5.97 Å². The van der Waals surface area contributed by atoms with E-state index in [9.17, 15) is 14.4 Å². The summed E-state index contributed by atoms with van der Waals surface area (Å²) in [4.78, 5) is 39.5. The van der Waals surface area contributed by atoms with Gasteiger partial charge in [0.1, 0.15) is 5.75 Å². The Bertz CT molecular complexity index is 959. The number of anilines is 1. The summed E-state index contributed by atoms with van der Waals surface area (Å²) in [6, 6.07) is 12.2. The summed E-state index contributed by atoms with van der Waals surface area (Å²) < 4.78 is 5.57. The molecule has 150 valence electrons. The fraction of sp³-hybridized carbons (Fsp3) is 0.375. The van der Waals surface area contributed by atoms with Crippen molar-refractivity contribution < 1.29 is 19.1 Å². The third kappa shape index (κ3) is 3.46. The van der Waals surface area contributed by atoms with Gasteiger partial charge in [0.25, 0.3) is 0 Å². The number of para-hydroxylation sites is 1. The first-order chi connectivity index (χ1) is 13.9. The van der Waals surface area contributed by atoms with E-state index < -0.39 is 5.97 Å². The van der Waals surface area contributed by atoms with Gasteiger partial charge in [-0.3, -0.25) is 14.5 Å². The Morgan fingerprint density at radius 3 is 2.21 bits per heavy atom. The summed E-state index contributed by atoms with van der Waals surface area (Å²) in [5.74, 6) is -0.0716. The third-order valence-corrected chi connectivity index (χ3v) is 6.15. The number of aryl methyl sites for hydroxylation is 2. The van der Waals surface area contributed by atoms with Gasteiger partial charge in [-0.25, -0.2) is 4.79 Å². The molecule has 0 bridgehead atoms. The highest BCUT2D eigenvalue weighted by Gasteiger charge is 2.49. The summed E-state index contributed by atoms with van der Waals surface area (Å²) >= 11 is 0. The van der Waals surface area contributed by atoms with E-state index >= 15 is 0 Å². The maximum absolute atomic E-state index is 12.8. The number of rotatable bonds is 3. The predicted molar refractivity (Wildman–Crippen MR) is 110 cm³/mol. The van der Waals surface area contributed by atoms with Crippen molar-refractivity contribution in [2.75, 3.05) is 4.90 Å². The number of imide groups is 1. The number of fused-ring (bicyclic) bond motifs is 1. The summed E-state index contributed by atoms with van der Waals surface area (Å²) in [5.41, 5.74) is 2.67. The van der Waals surface area contributed by atoms with Crippen LogP contribution < -0.4 is 9.64 Å². The molecule has 0 spiro atoms. The van der Waals surface area contributed by atoms with Gasteiger partial charge in [0.05, 0.1) is 23.1 Å². The lowest BCUT2D eigenvalue weighted by Crippen LogP contribution is -2.30. The number of nitrogens with zero attached hydrogens (tertiary/aromatic N) is 1. The Morgan fingerprint density at radius 2 is 1.55 bits per heavy atom. The standard InChI is InChI=1S/C24H25NO4/c1-14-7-12-19-20(13-14)23(27)25(22(19)26)18-10-8-17(9-11-18)24(28)29-21-15(2)5-4-6-16(21)3/h4-6,8-11,14,19-20H,7,12-13H2,1-3H3/t14-,19-,20+/m1/s1. The van der Waals surface area contributed by atoms with Crippen molar-refractivity contribution in [3.05, 3.63) is 59.2 Å². The number of carbonyl (C=O) groups is 3. The smallest absolute Gasteiger partial charge is 0.343 e. The minimum absolute atomic E-state index is 0.113. The van der Waals surface area contributed by atoms with Crippen molar-refractivity contribution in [2.45, 2.75) is 40.0 Å². The van der Waals surface area contributed by atoms with E-state index in [-0.39, 0.29) is 23.7 Å². The molecule has 1 aliphatic heterocycles. The molecule has 0 radical (unpaired) electrons. The molecule has 1 saturated heterocycles. The maximum Gasteiger partial charge on any atom is 0.343 e. The van der Waals surface area contributed by atoms with E-state index in [1.165, 1.54) is 4.90 Å². The summed E-state index contributed by atoms with van der Waals surface area (Å²) in [7, 11) is 0. The molecule has 1 aliphatic carbocycles. The minimum atomic E-state index is -0.462. The van der Waals surface area contributed by atoms with E-state index in [2.05, 4.69) is 6.92 Å². The van der Waals surface area contributed by atoms with Gasteiger partial charge in [-0.15, -0.1) is 0 Å². The Hall–Kier alpha value is -2.95. The Balaban J connectivity index is 1.53. The summed E-state index contributed by atoms with van der Waals surface area (Å²) in [6.07, 6.45) is 2.52. The van der Waals surface area contributed by atoms with Crippen LogP contribution in [-0.4, -0.2) is 17.8 Å². The third-order valence-electron chi connectivity index (χ3n) is 6.15. The lowest BCUT2D eigenvalue weighted by molar-refractivity contribution is -0.122. The highest BCUT2D eigenvalue weighted by Crippen LogP contribution is 2.42. The van der Waals surface area contributed by atoms with Gasteiger partial charge in [-0.05, 0) is 74.4 Å². The number of ether oxygens (including phenoxy) is 1. The topological polar surface area (TPSA) is 63.7 Å². The van der Waals surface area contributed by atoms with Gasteiger partial charge in [0.2, 0.25) is 11.8 Å². The van der Waals surface area contributed by atoms with Crippen LogP contribution in [0.25, 0.3) is 0 Å². The number of hydrogen-bond acceptors (Lipinski definition) is 4. The number of hydrogen-bond donors (Lipinski definition) is 0. The Morgan fingerprint density at radius 1 is 0.931 bits per heavy atom. The molecule has 2 aromatic carbocycles. The quantitative estimate of drug-likeness (QED) is 0.441. The molecule has 0 aromatic heterocycles. The SMILES string of the molecule is Cc1cccc(C)c1OC(=O)c1ccc(N2C(=O)[C@H]3C[C@H](C)CC[C@H]3C2=O)cc1. The van der Waals surface area contributed by atoms with Crippen molar-refractivity contribution in [2.24, 2.45) is 17.8 Å². The molecule has 4 rings (SSSR count). The first-order valence-corrected chi connectivity index (χ1v) is 10.1. The average molecular weight is 391 g/mol. The van der Waals surface area contributed by atoms with Crippen LogP contribution in [0.1, 0.15) is 47.7 Å². The van der Waals surface area contributed by atoms with Crippen molar-refractivity contribution in [3.8, 4) is 5.75 Å². The molecule has 0 N–H and O–H groups in total. The summed E-state index contributed by atoms with van der Waals surface area (Å²) in [6.45, 7) is 5.92. The molecular weight excluding hydrogens is 366 g/mol.